The van der Waals surface area contributed by atoms with E-state index in [9.17, 15) is 9.59 Å². The van der Waals surface area contributed by atoms with Gasteiger partial charge in [0.1, 0.15) is 5.82 Å². The van der Waals surface area contributed by atoms with Crippen LogP contribution in [0.3, 0.4) is 0 Å². The highest BCUT2D eigenvalue weighted by Crippen LogP contribution is 2.18. The van der Waals surface area contributed by atoms with Crippen molar-refractivity contribution in [2.45, 2.75) is 19.8 Å². The molecule has 5 nitrogen and oxygen atoms in total. The number of aromatic nitrogens is 1. The van der Waals surface area contributed by atoms with Gasteiger partial charge in [-0.2, -0.15) is 0 Å². The fourth-order valence-electron chi connectivity index (χ4n) is 2.14. The highest BCUT2D eigenvalue weighted by Gasteiger charge is 2.27. The summed E-state index contributed by atoms with van der Waals surface area (Å²) in [6.07, 6.45) is 3.33. The van der Waals surface area contributed by atoms with E-state index in [-0.39, 0.29) is 17.7 Å². The maximum absolute atomic E-state index is 12.0. The van der Waals surface area contributed by atoms with Crippen molar-refractivity contribution < 1.29 is 9.59 Å². The first-order valence-corrected chi connectivity index (χ1v) is 6.14. The molecule has 5 heteroatoms. The summed E-state index contributed by atoms with van der Waals surface area (Å²) in [5.74, 6) is 0.400. The minimum atomic E-state index is -0.135. The Labute approximate surface area is 106 Å². The largest absolute Gasteiger partial charge is 0.342 e. The van der Waals surface area contributed by atoms with Gasteiger partial charge in [-0.3, -0.25) is 9.59 Å². The predicted octanol–water partition coefficient (Wildman–Crippen LogP) is 1.28. The lowest BCUT2D eigenvalue weighted by atomic mass is 9.97. The van der Waals surface area contributed by atoms with Crippen LogP contribution in [0.1, 0.15) is 19.8 Å². The number of nitrogens with zero attached hydrogens (tertiary/aromatic N) is 2. The summed E-state index contributed by atoms with van der Waals surface area (Å²) in [4.78, 5) is 29.1. The predicted molar refractivity (Wildman–Crippen MR) is 67.8 cm³/mol. The van der Waals surface area contributed by atoms with E-state index in [1.54, 1.807) is 30.2 Å². The Kier molecular flexibility index (Phi) is 3.92. The number of carbonyl (C=O) groups is 2. The van der Waals surface area contributed by atoms with Gasteiger partial charge in [-0.15, -0.1) is 0 Å². The summed E-state index contributed by atoms with van der Waals surface area (Å²) in [6, 6.07) is 5.38. The molecule has 0 radical (unpaired) electrons. The third-order valence-corrected chi connectivity index (χ3v) is 3.15. The van der Waals surface area contributed by atoms with Crippen LogP contribution >= 0.6 is 0 Å². The number of anilines is 1. The van der Waals surface area contributed by atoms with Gasteiger partial charge < -0.3 is 10.2 Å². The minimum Gasteiger partial charge on any atom is -0.342 e. The fourth-order valence-corrected chi connectivity index (χ4v) is 2.14. The van der Waals surface area contributed by atoms with Gasteiger partial charge in [-0.25, -0.2) is 4.98 Å². The van der Waals surface area contributed by atoms with E-state index in [1.165, 1.54) is 0 Å². The highest BCUT2D eigenvalue weighted by molar-refractivity contribution is 5.92. The normalized spacial score (nSPS) is 19.4. The van der Waals surface area contributed by atoms with E-state index in [2.05, 4.69) is 10.3 Å². The monoisotopic (exact) mass is 247 g/mol. The molecule has 1 aromatic heterocycles. The van der Waals surface area contributed by atoms with Crippen LogP contribution in [-0.4, -0.2) is 34.8 Å². The average Bonchev–Trinajstić information content (AvgIpc) is 2.40. The zero-order chi connectivity index (χ0) is 13.0. The van der Waals surface area contributed by atoms with Crippen LogP contribution in [0.15, 0.2) is 24.4 Å². The molecule has 2 heterocycles. The van der Waals surface area contributed by atoms with Gasteiger partial charge in [0.05, 0.1) is 5.92 Å². The van der Waals surface area contributed by atoms with Crippen LogP contribution in [-0.2, 0) is 9.59 Å². The molecule has 0 aliphatic carbocycles. The molecule has 0 saturated carbocycles. The molecule has 2 rings (SSSR count). The Balaban J connectivity index is 1.95. The molecule has 96 valence electrons. The molecule has 1 atom stereocenters. The minimum absolute atomic E-state index is 0.0327. The summed E-state index contributed by atoms with van der Waals surface area (Å²) < 4.78 is 0. The van der Waals surface area contributed by atoms with Crippen molar-refractivity contribution in [2.24, 2.45) is 5.92 Å². The SMILES string of the molecule is CC(=O)N1CCCC(C(=O)Nc2ccccn2)C1. The molecule has 2 amide bonds. The van der Waals surface area contributed by atoms with Gasteiger partial charge >= 0.3 is 0 Å². The smallest absolute Gasteiger partial charge is 0.230 e. The molecule has 1 unspecified atom stereocenters. The first-order valence-electron chi connectivity index (χ1n) is 6.14. The van der Waals surface area contributed by atoms with Gasteiger partial charge in [0.15, 0.2) is 0 Å². The topological polar surface area (TPSA) is 62.3 Å². The molecular formula is C13H17N3O2. The lowest BCUT2D eigenvalue weighted by Gasteiger charge is -2.31. The number of hydrogen-bond donors (Lipinski definition) is 1. The second-order valence-corrected chi connectivity index (χ2v) is 4.51. The van der Waals surface area contributed by atoms with Gasteiger partial charge in [-0.05, 0) is 25.0 Å². The van der Waals surface area contributed by atoms with Crippen LogP contribution in [0.25, 0.3) is 0 Å². The molecule has 0 spiro atoms. The number of amides is 2. The van der Waals surface area contributed by atoms with Crippen LogP contribution in [0.2, 0.25) is 0 Å². The Bertz CT molecular complexity index is 433. The van der Waals surface area contributed by atoms with Crippen LogP contribution in [0.5, 0.6) is 0 Å². The third-order valence-electron chi connectivity index (χ3n) is 3.15. The standard InChI is InChI=1S/C13H17N3O2/c1-10(17)16-8-4-5-11(9-16)13(18)15-12-6-2-3-7-14-12/h2-3,6-7,11H,4-5,8-9H2,1H3,(H,14,15,18). The van der Waals surface area contributed by atoms with E-state index < -0.39 is 0 Å². The van der Waals surface area contributed by atoms with Crippen LogP contribution in [0, 0.1) is 5.92 Å². The molecule has 0 bridgehead atoms. The van der Waals surface area contributed by atoms with Gasteiger partial charge in [0.25, 0.3) is 0 Å². The number of likely N-dealkylation sites (tertiary alicyclic amines) is 1. The van der Waals surface area contributed by atoms with E-state index in [4.69, 9.17) is 0 Å². The van der Waals surface area contributed by atoms with E-state index in [0.717, 1.165) is 19.4 Å². The lowest BCUT2D eigenvalue weighted by molar-refractivity contribution is -0.132. The van der Waals surface area contributed by atoms with Gasteiger partial charge in [0, 0.05) is 26.2 Å². The molecular weight excluding hydrogens is 230 g/mol. The maximum Gasteiger partial charge on any atom is 0.230 e. The highest BCUT2D eigenvalue weighted by atomic mass is 16.2. The molecule has 1 fully saturated rings. The Morgan fingerprint density at radius 1 is 1.44 bits per heavy atom. The number of piperidine rings is 1. The van der Waals surface area contributed by atoms with Crippen molar-refractivity contribution in [3.05, 3.63) is 24.4 Å². The summed E-state index contributed by atoms with van der Waals surface area (Å²) in [5, 5.41) is 2.78. The Hall–Kier alpha value is -1.91. The third kappa shape index (κ3) is 3.06. The number of carbonyl (C=O) groups excluding carboxylic acids is 2. The zero-order valence-electron chi connectivity index (χ0n) is 10.4. The number of rotatable bonds is 2. The van der Waals surface area contributed by atoms with Crippen molar-refractivity contribution in [3.63, 3.8) is 0 Å². The van der Waals surface area contributed by atoms with Gasteiger partial charge in [-0.1, -0.05) is 6.07 Å². The van der Waals surface area contributed by atoms with E-state index in [1.807, 2.05) is 6.07 Å². The van der Waals surface area contributed by atoms with E-state index in [0.29, 0.717) is 12.4 Å². The fraction of sp³-hybridized carbons (Fsp3) is 0.462. The van der Waals surface area contributed by atoms with Crippen molar-refractivity contribution >= 4 is 17.6 Å². The Morgan fingerprint density at radius 3 is 2.94 bits per heavy atom. The number of pyridine rings is 1. The second-order valence-electron chi connectivity index (χ2n) is 4.51. The molecule has 0 aromatic carbocycles. The quantitative estimate of drug-likeness (QED) is 0.856. The number of hydrogen-bond acceptors (Lipinski definition) is 3. The number of nitrogens with one attached hydrogen (secondary N) is 1. The maximum atomic E-state index is 12.0. The molecule has 1 aromatic rings. The molecule has 1 aliphatic rings. The van der Waals surface area contributed by atoms with Crippen molar-refractivity contribution in [1.82, 2.24) is 9.88 Å². The molecule has 18 heavy (non-hydrogen) atoms. The van der Waals surface area contributed by atoms with Crippen molar-refractivity contribution in [1.29, 1.82) is 0 Å². The second kappa shape index (κ2) is 5.62. The summed E-state index contributed by atoms with van der Waals surface area (Å²) >= 11 is 0. The van der Waals surface area contributed by atoms with Crippen LogP contribution in [0.4, 0.5) is 5.82 Å². The molecule has 1 N–H and O–H groups in total. The van der Waals surface area contributed by atoms with Crippen LogP contribution < -0.4 is 5.32 Å². The summed E-state index contributed by atoms with van der Waals surface area (Å²) in [6.45, 7) is 2.80. The lowest BCUT2D eigenvalue weighted by Crippen LogP contribution is -2.42. The van der Waals surface area contributed by atoms with Gasteiger partial charge in [0.2, 0.25) is 11.8 Å². The Morgan fingerprint density at radius 2 is 2.28 bits per heavy atom. The first-order chi connectivity index (χ1) is 8.66. The molecule has 1 aliphatic heterocycles. The van der Waals surface area contributed by atoms with E-state index >= 15 is 0 Å². The van der Waals surface area contributed by atoms with Crippen molar-refractivity contribution in [3.8, 4) is 0 Å². The molecule has 1 saturated heterocycles. The average molecular weight is 247 g/mol. The summed E-state index contributed by atoms with van der Waals surface area (Å²) in [7, 11) is 0. The van der Waals surface area contributed by atoms with Crippen molar-refractivity contribution in [2.75, 3.05) is 18.4 Å². The first kappa shape index (κ1) is 12.5. The summed E-state index contributed by atoms with van der Waals surface area (Å²) in [5.41, 5.74) is 0. The zero-order valence-corrected chi connectivity index (χ0v) is 10.4.